The van der Waals surface area contributed by atoms with E-state index >= 15 is 0 Å². The molecule has 1 heterocycles. The second-order valence-electron chi connectivity index (χ2n) is 2.37. The third-order valence-electron chi connectivity index (χ3n) is 1.52. The van der Waals surface area contributed by atoms with Crippen LogP contribution in [0.2, 0.25) is 0 Å². The molecule has 1 aliphatic rings. The average Bonchev–Trinajstić information content (AvgIpc) is 2.04. The van der Waals surface area contributed by atoms with Gasteiger partial charge < -0.3 is 0 Å². The number of nitro groups is 1. The van der Waals surface area contributed by atoms with Crippen molar-refractivity contribution in [2.24, 2.45) is 0 Å². The van der Waals surface area contributed by atoms with Crippen LogP contribution in [0.25, 0.3) is 0 Å². The summed E-state index contributed by atoms with van der Waals surface area (Å²) in [4.78, 5) is 20.7. The van der Waals surface area contributed by atoms with Gasteiger partial charge >= 0.3 is 11.6 Å². The van der Waals surface area contributed by atoms with Crippen molar-refractivity contribution in [3.05, 3.63) is 46.3 Å². The number of amides is 1. The predicted octanol–water partition coefficient (Wildman–Crippen LogP) is 0.752. The van der Waals surface area contributed by atoms with E-state index in [9.17, 15) is 14.9 Å². The molecule has 1 aliphatic heterocycles. The molecule has 0 bridgehead atoms. The Balaban J connectivity index is 3.11. The molecule has 67 valence electrons. The SMILES string of the molecule is C=CCC1=C([N+](=O)[O-])C(=O)[N]C=C1. The topological polar surface area (TPSA) is 74.3 Å². The number of hydrogen-bond acceptors (Lipinski definition) is 3. The van der Waals surface area contributed by atoms with Gasteiger partial charge in [0.2, 0.25) is 0 Å². The minimum absolute atomic E-state index is 0.300. The third-order valence-corrected chi connectivity index (χ3v) is 1.52. The highest BCUT2D eigenvalue weighted by Crippen LogP contribution is 2.15. The summed E-state index contributed by atoms with van der Waals surface area (Å²) in [6.45, 7) is 3.44. The fourth-order valence-electron chi connectivity index (χ4n) is 0.988. The second kappa shape index (κ2) is 3.66. The average molecular weight is 179 g/mol. The van der Waals surface area contributed by atoms with E-state index in [4.69, 9.17) is 0 Å². The van der Waals surface area contributed by atoms with Crippen molar-refractivity contribution in [1.29, 1.82) is 0 Å². The maximum Gasteiger partial charge on any atom is 0.348 e. The minimum Gasteiger partial charge on any atom is -0.259 e. The normalized spacial score (nSPS) is 15.5. The van der Waals surface area contributed by atoms with Gasteiger partial charge in [-0.1, -0.05) is 6.08 Å². The zero-order valence-electron chi connectivity index (χ0n) is 6.77. The molecule has 5 nitrogen and oxygen atoms in total. The number of carbonyl (C=O) groups is 1. The zero-order valence-corrected chi connectivity index (χ0v) is 6.77. The van der Waals surface area contributed by atoms with Crippen LogP contribution >= 0.6 is 0 Å². The Kier molecular flexibility index (Phi) is 2.59. The molecule has 13 heavy (non-hydrogen) atoms. The van der Waals surface area contributed by atoms with Crippen LogP contribution < -0.4 is 5.32 Å². The van der Waals surface area contributed by atoms with Gasteiger partial charge in [0.15, 0.2) is 0 Å². The number of rotatable bonds is 3. The molecule has 5 heteroatoms. The van der Waals surface area contributed by atoms with Crippen molar-refractivity contribution in [1.82, 2.24) is 5.32 Å². The highest BCUT2D eigenvalue weighted by atomic mass is 16.6. The van der Waals surface area contributed by atoms with Gasteiger partial charge in [0.1, 0.15) is 0 Å². The van der Waals surface area contributed by atoms with Gasteiger partial charge in [-0.15, -0.1) is 6.58 Å². The van der Waals surface area contributed by atoms with Gasteiger partial charge in [-0.25, -0.2) is 5.32 Å². The summed E-state index contributed by atoms with van der Waals surface area (Å²) in [5, 5.41) is 13.8. The van der Waals surface area contributed by atoms with Crippen LogP contribution in [-0.2, 0) is 4.79 Å². The van der Waals surface area contributed by atoms with Crippen molar-refractivity contribution in [2.75, 3.05) is 0 Å². The standard InChI is InChI=1S/C8H7N2O3/c1-2-3-6-4-5-9-8(11)7(6)10(12)13/h2,4-5H,1,3H2. The first-order valence-corrected chi connectivity index (χ1v) is 3.57. The Labute approximate surface area is 74.6 Å². The lowest BCUT2D eigenvalue weighted by Crippen LogP contribution is -2.23. The van der Waals surface area contributed by atoms with Crippen LogP contribution in [0.4, 0.5) is 0 Å². The zero-order chi connectivity index (χ0) is 9.84. The van der Waals surface area contributed by atoms with Crippen LogP contribution in [0.15, 0.2) is 36.2 Å². The number of hydrogen-bond donors (Lipinski definition) is 0. The van der Waals surface area contributed by atoms with Gasteiger partial charge in [0, 0.05) is 11.8 Å². The first kappa shape index (κ1) is 9.18. The summed E-state index contributed by atoms with van der Waals surface area (Å²) in [5.41, 5.74) is -0.109. The summed E-state index contributed by atoms with van der Waals surface area (Å²) in [6.07, 6.45) is 4.51. The smallest absolute Gasteiger partial charge is 0.259 e. The van der Waals surface area contributed by atoms with Gasteiger partial charge in [0.05, 0.1) is 4.92 Å². The molecule has 1 radical (unpaired) electrons. The molecule has 1 amide bonds. The number of carbonyl (C=O) groups excluding carboxylic acids is 1. The summed E-state index contributed by atoms with van der Waals surface area (Å²) in [7, 11) is 0. The molecular weight excluding hydrogens is 172 g/mol. The fourth-order valence-corrected chi connectivity index (χ4v) is 0.988. The van der Waals surface area contributed by atoms with E-state index in [1.54, 1.807) is 0 Å². The van der Waals surface area contributed by atoms with Crippen molar-refractivity contribution in [2.45, 2.75) is 6.42 Å². The Bertz CT molecular complexity index is 328. The number of allylic oxidation sites excluding steroid dienone is 3. The lowest BCUT2D eigenvalue weighted by molar-refractivity contribution is -0.420. The molecule has 0 aliphatic carbocycles. The summed E-state index contributed by atoms with van der Waals surface area (Å²) in [6, 6.07) is 0. The van der Waals surface area contributed by atoms with E-state index in [0.717, 1.165) is 0 Å². The van der Waals surface area contributed by atoms with Gasteiger partial charge in [0.25, 0.3) is 0 Å². The minimum atomic E-state index is -0.802. The predicted molar refractivity (Wildman–Crippen MR) is 45.1 cm³/mol. The van der Waals surface area contributed by atoms with E-state index < -0.39 is 16.5 Å². The third kappa shape index (κ3) is 1.81. The summed E-state index contributed by atoms with van der Waals surface area (Å²) >= 11 is 0. The molecule has 0 fully saturated rings. The van der Waals surface area contributed by atoms with Crippen molar-refractivity contribution in [3.8, 4) is 0 Å². The van der Waals surface area contributed by atoms with Crippen molar-refractivity contribution < 1.29 is 9.72 Å². The molecular formula is C8H7N2O3. The van der Waals surface area contributed by atoms with Crippen LogP contribution in [0.1, 0.15) is 6.42 Å². The molecule has 0 saturated carbocycles. The van der Waals surface area contributed by atoms with Gasteiger partial charge in [-0.3, -0.25) is 14.9 Å². The van der Waals surface area contributed by atoms with E-state index in [-0.39, 0.29) is 0 Å². The fraction of sp³-hybridized carbons (Fsp3) is 0.125. The molecule has 0 saturated heterocycles. The van der Waals surface area contributed by atoms with E-state index in [0.29, 0.717) is 12.0 Å². The Morgan fingerprint density at radius 1 is 1.69 bits per heavy atom. The van der Waals surface area contributed by atoms with Crippen LogP contribution in [-0.4, -0.2) is 10.8 Å². The maximum absolute atomic E-state index is 11.0. The highest BCUT2D eigenvalue weighted by molar-refractivity contribution is 5.93. The maximum atomic E-state index is 11.0. The molecule has 0 atom stereocenters. The van der Waals surface area contributed by atoms with Gasteiger partial charge in [-0.2, -0.15) is 0 Å². The molecule has 1 rings (SSSR count). The monoisotopic (exact) mass is 179 g/mol. The largest absolute Gasteiger partial charge is 0.348 e. The molecule has 0 spiro atoms. The Morgan fingerprint density at radius 3 is 2.92 bits per heavy atom. The van der Waals surface area contributed by atoms with Crippen LogP contribution in [0.3, 0.4) is 0 Å². The molecule has 0 aromatic carbocycles. The lowest BCUT2D eigenvalue weighted by Gasteiger charge is -2.04. The lowest BCUT2D eigenvalue weighted by atomic mass is 10.1. The molecule has 0 aromatic rings. The van der Waals surface area contributed by atoms with Crippen LogP contribution in [0.5, 0.6) is 0 Å². The second-order valence-corrected chi connectivity index (χ2v) is 2.37. The van der Waals surface area contributed by atoms with Crippen LogP contribution in [0, 0.1) is 10.1 Å². The number of nitrogens with zero attached hydrogens (tertiary/aromatic N) is 2. The quantitative estimate of drug-likeness (QED) is 0.364. The van der Waals surface area contributed by atoms with Crippen molar-refractivity contribution >= 4 is 5.91 Å². The first-order valence-electron chi connectivity index (χ1n) is 3.57. The summed E-state index contributed by atoms with van der Waals surface area (Å²) in [5.74, 6) is -0.802. The molecule has 0 N–H and O–H groups in total. The molecule has 0 unspecified atom stereocenters. The van der Waals surface area contributed by atoms with E-state index in [1.165, 1.54) is 18.4 Å². The van der Waals surface area contributed by atoms with Crippen molar-refractivity contribution in [3.63, 3.8) is 0 Å². The first-order chi connectivity index (χ1) is 6.16. The summed E-state index contributed by atoms with van der Waals surface area (Å²) < 4.78 is 0. The van der Waals surface area contributed by atoms with Gasteiger partial charge in [-0.05, 0) is 12.5 Å². The highest BCUT2D eigenvalue weighted by Gasteiger charge is 2.28. The van der Waals surface area contributed by atoms with E-state index in [2.05, 4.69) is 11.9 Å². The Hall–Kier alpha value is -1.91. The molecule has 0 aromatic heterocycles. The Morgan fingerprint density at radius 2 is 2.38 bits per heavy atom. The van der Waals surface area contributed by atoms with E-state index in [1.807, 2.05) is 0 Å².